The van der Waals surface area contributed by atoms with Crippen LogP contribution in [0.1, 0.15) is 94.6 Å². The molecule has 5 unspecified atom stereocenters. The van der Waals surface area contributed by atoms with Gasteiger partial charge in [0.25, 0.3) is 0 Å². The first-order valence-electron chi connectivity index (χ1n) is 19.9. The molecule has 13 atom stereocenters. The number of ether oxygens (including phenoxy) is 9. The molecule has 2 aliphatic carbocycles. The Morgan fingerprint density at radius 3 is 1.90 bits per heavy atom. The monoisotopic (exact) mass is 867 g/mol. The second kappa shape index (κ2) is 16.7. The zero-order valence-electron chi connectivity index (χ0n) is 35.6. The number of hydrogen-bond donors (Lipinski definition) is 1. The SMILES string of the molecule is CC(=O)OC[C@]12[C@H](OC(C)=O)[C@H](OC(C)=O)C3[C@@H](OC(=O)c4ccccc4)[C@@]14O[C@@]3(C)COC(=O)c1cccnc1C(C)C(C)C(=O)OC([C@H](OC(C)=O)[C@@H]2OC(C)=O)C4(C)O. The second-order valence-electron chi connectivity index (χ2n) is 16.5. The van der Waals surface area contributed by atoms with E-state index in [2.05, 4.69) is 4.98 Å². The number of cyclic esters (lactones) is 1. The Labute approximate surface area is 355 Å². The van der Waals surface area contributed by atoms with E-state index >= 15 is 0 Å². The van der Waals surface area contributed by atoms with Crippen molar-refractivity contribution in [2.24, 2.45) is 17.3 Å². The Morgan fingerprint density at radius 2 is 1.32 bits per heavy atom. The Morgan fingerprint density at radius 1 is 0.742 bits per heavy atom. The third-order valence-electron chi connectivity index (χ3n) is 12.4. The molecule has 4 bridgehead atoms. The minimum Gasteiger partial charge on any atom is -0.465 e. The lowest BCUT2D eigenvalue weighted by Gasteiger charge is -2.67. The van der Waals surface area contributed by atoms with Gasteiger partial charge in [-0.05, 0) is 38.1 Å². The summed E-state index contributed by atoms with van der Waals surface area (Å²) >= 11 is 0. The first kappa shape index (κ1) is 45.6. The van der Waals surface area contributed by atoms with Crippen LogP contribution in [0.5, 0.6) is 0 Å². The van der Waals surface area contributed by atoms with Crippen molar-refractivity contribution in [2.75, 3.05) is 13.2 Å². The summed E-state index contributed by atoms with van der Waals surface area (Å²) in [6.07, 6.45) is -10.8. The molecule has 3 heterocycles. The first-order chi connectivity index (χ1) is 29.0. The first-order valence-corrected chi connectivity index (χ1v) is 19.9. The largest absolute Gasteiger partial charge is 0.465 e. The van der Waals surface area contributed by atoms with Crippen LogP contribution in [-0.4, -0.2) is 124 Å². The van der Waals surface area contributed by atoms with Gasteiger partial charge in [-0.3, -0.25) is 33.8 Å². The molecular formula is C43H49NO18. The lowest BCUT2D eigenvalue weighted by atomic mass is 9.45. The number of rotatable bonds is 8. The maximum Gasteiger partial charge on any atom is 0.340 e. The van der Waals surface area contributed by atoms with E-state index in [1.807, 2.05) is 0 Å². The molecule has 1 aromatic carbocycles. The fourth-order valence-electron chi connectivity index (χ4n) is 9.83. The van der Waals surface area contributed by atoms with Gasteiger partial charge in [0.1, 0.15) is 42.0 Å². The molecule has 2 aromatic rings. The van der Waals surface area contributed by atoms with Crippen molar-refractivity contribution in [3.63, 3.8) is 0 Å². The van der Waals surface area contributed by atoms with Crippen LogP contribution in [-0.2, 0) is 71.4 Å². The summed E-state index contributed by atoms with van der Waals surface area (Å²) in [6, 6.07) is 10.4. The minimum absolute atomic E-state index is 0.0290. The van der Waals surface area contributed by atoms with E-state index in [1.165, 1.54) is 56.4 Å². The number of aromatic nitrogens is 1. The highest BCUT2D eigenvalue weighted by atomic mass is 16.7. The van der Waals surface area contributed by atoms with Crippen molar-refractivity contribution < 1.29 is 86.1 Å². The van der Waals surface area contributed by atoms with Gasteiger partial charge in [0.05, 0.1) is 28.7 Å². The molecule has 3 fully saturated rings. The van der Waals surface area contributed by atoms with E-state index < -0.39 is 138 Å². The summed E-state index contributed by atoms with van der Waals surface area (Å²) in [5.41, 5.74) is -10.4. The zero-order chi connectivity index (χ0) is 45.7. The third-order valence-corrected chi connectivity index (χ3v) is 12.4. The van der Waals surface area contributed by atoms with Crippen LogP contribution in [0.4, 0.5) is 0 Å². The average molecular weight is 868 g/mol. The fraction of sp³-hybridized carbons (Fsp3) is 0.558. The van der Waals surface area contributed by atoms with Gasteiger partial charge in [0.2, 0.25) is 0 Å². The van der Waals surface area contributed by atoms with Gasteiger partial charge in [0.15, 0.2) is 30.0 Å². The Balaban J connectivity index is 1.81. The number of fused-ring (bicyclic) bond motifs is 5. The quantitative estimate of drug-likeness (QED) is 0.295. The molecule has 19 heteroatoms. The number of nitrogens with zero attached hydrogens (tertiary/aromatic N) is 1. The second-order valence-corrected chi connectivity index (χ2v) is 16.5. The Bertz CT molecular complexity index is 2160. The molecule has 0 amide bonds. The number of esters is 8. The van der Waals surface area contributed by atoms with Crippen molar-refractivity contribution in [1.29, 1.82) is 0 Å². The van der Waals surface area contributed by atoms with Crippen LogP contribution in [0, 0.1) is 17.3 Å². The van der Waals surface area contributed by atoms with Gasteiger partial charge in [-0.1, -0.05) is 32.0 Å². The lowest BCUT2D eigenvalue weighted by Crippen LogP contribution is -2.89. The molecule has 19 nitrogen and oxygen atoms in total. The highest BCUT2D eigenvalue weighted by molar-refractivity contribution is 5.91. The lowest BCUT2D eigenvalue weighted by molar-refractivity contribution is -0.386. The molecule has 2 saturated carbocycles. The number of hydrogen-bond acceptors (Lipinski definition) is 19. The van der Waals surface area contributed by atoms with Gasteiger partial charge < -0.3 is 47.7 Å². The van der Waals surface area contributed by atoms with Gasteiger partial charge in [-0.15, -0.1) is 0 Å². The van der Waals surface area contributed by atoms with Gasteiger partial charge in [-0.25, -0.2) is 9.59 Å². The van der Waals surface area contributed by atoms with Crippen LogP contribution in [0.25, 0.3) is 0 Å². The van der Waals surface area contributed by atoms with Crippen molar-refractivity contribution in [3.8, 4) is 0 Å². The van der Waals surface area contributed by atoms with Crippen LogP contribution < -0.4 is 0 Å². The molecule has 62 heavy (non-hydrogen) atoms. The fourth-order valence-corrected chi connectivity index (χ4v) is 9.83. The number of pyridine rings is 1. The summed E-state index contributed by atoms with van der Waals surface area (Å²) in [5.74, 6) is -11.9. The number of benzene rings is 1. The van der Waals surface area contributed by atoms with E-state index in [1.54, 1.807) is 13.0 Å². The normalized spacial score (nSPS) is 36.0. The van der Waals surface area contributed by atoms with Crippen molar-refractivity contribution in [2.45, 2.75) is 122 Å². The van der Waals surface area contributed by atoms with Gasteiger partial charge >= 0.3 is 47.8 Å². The van der Waals surface area contributed by atoms with Crippen LogP contribution >= 0.6 is 0 Å². The highest BCUT2D eigenvalue weighted by Gasteiger charge is 2.92. The summed E-state index contributed by atoms with van der Waals surface area (Å²) in [4.78, 5) is 114. The molecule has 1 aromatic heterocycles. The number of carbonyl (C=O) groups is 8. The van der Waals surface area contributed by atoms with E-state index in [0.29, 0.717) is 0 Å². The predicted molar refractivity (Wildman–Crippen MR) is 205 cm³/mol. The molecule has 4 aliphatic rings. The van der Waals surface area contributed by atoms with Crippen LogP contribution in [0.2, 0.25) is 0 Å². The molecule has 0 radical (unpaired) electrons. The van der Waals surface area contributed by atoms with Crippen molar-refractivity contribution >= 4 is 47.8 Å². The molecule has 2 aliphatic heterocycles. The summed E-state index contributed by atoms with van der Waals surface area (Å²) < 4.78 is 55.4. The summed E-state index contributed by atoms with van der Waals surface area (Å²) in [7, 11) is 0. The molecule has 334 valence electrons. The van der Waals surface area contributed by atoms with E-state index in [0.717, 1.165) is 41.5 Å². The summed E-state index contributed by atoms with van der Waals surface area (Å²) in [6.45, 7) is 8.64. The smallest absolute Gasteiger partial charge is 0.340 e. The third kappa shape index (κ3) is 7.43. The topological polar surface area (TPSA) is 253 Å². The predicted octanol–water partition coefficient (Wildman–Crippen LogP) is 2.33. The maximum absolute atomic E-state index is 14.5. The van der Waals surface area contributed by atoms with Crippen molar-refractivity contribution in [1.82, 2.24) is 4.98 Å². The molecule has 6 rings (SSSR count). The molecular weight excluding hydrogens is 818 g/mol. The van der Waals surface area contributed by atoms with Gasteiger partial charge in [-0.2, -0.15) is 0 Å². The molecule has 1 N–H and O–H groups in total. The average Bonchev–Trinajstić information content (AvgIpc) is 3.42. The number of carbonyl (C=O) groups excluding carboxylic acids is 8. The van der Waals surface area contributed by atoms with Gasteiger partial charge in [0, 0.05) is 46.7 Å². The van der Waals surface area contributed by atoms with E-state index in [4.69, 9.17) is 42.6 Å². The Kier molecular flexibility index (Phi) is 12.3. The molecule has 1 saturated heterocycles. The minimum atomic E-state index is -2.87. The Hall–Kier alpha value is -5.95. The standard InChI is InChI=1S/C43H49NO18/c1-20-21(2)37(50)61-34-32(57-24(5)47)36(59-26(7)49)42(19-54-22(3)45)35(58-25(6)48)31(56-23(4)46)29-33(60-38(51)27-14-11-10-12-15-27)43(42,41(34,9)53)62-40(29,8)18-55-39(52)28-16-13-17-44-30(20)28/h10-17,20-21,29,31-36,53H,18-19H2,1-9H3/t20?,21?,29?,31-,32+,33-,34?,35-,36+,40+,41?,42-,43+/m1/s1. The van der Waals surface area contributed by atoms with Crippen LogP contribution in [0.3, 0.4) is 0 Å². The summed E-state index contributed by atoms with van der Waals surface area (Å²) in [5, 5.41) is 13.7. The molecule has 1 spiro atoms. The zero-order valence-corrected chi connectivity index (χ0v) is 35.6. The van der Waals surface area contributed by atoms with E-state index in [9.17, 15) is 43.5 Å². The number of aliphatic hydroxyl groups is 1. The van der Waals surface area contributed by atoms with E-state index in [-0.39, 0.29) is 16.8 Å². The highest BCUT2D eigenvalue weighted by Crippen LogP contribution is 2.70. The maximum atomic E-state index is 14.5. The van der Waals surface area contributed by atoms with Crippen LogP contribution in [0.15, 0.2) is 48.7 Å². The van der Waals surface area contributed by atoms with Crippen molar-refractivity contribution in [3.05, 3.63) is 65.5 Å².